The number of aromatic hydroxyl groups is 2. The van der Waals surface area contributed by atoms with Gasteiger partial charge in [-0.2, -0.15) is 0 Å². The summed E-state index contributed by atoms with van der Waals surface area (Å²) in [4.78, 5) is 0. The van der Waals surface area contributed by atoms with E-state index in [1.807, 2.05) is 36.4 Å². The lowest BCUT2D eigenvalue weighted by atomic mass is 9.99. The Hall–Kier alpha value is -2.74. The lowest BCUT2D eigenvalue weighted by Crippen LogP contribution is -1.92. The lowest BCUT2D eigenvalue weighted by molar-refractivity contribution is 0.469. The molecule has 22 heavy (non-hydrogen) atoms. The Kier molecular flexibility index (Phi) is 4.10. The van der Waals surface area contributed by atoms with Crippen LogP contribution in [0.25, 0.3) is 0 Å². The maximum atomic E-state index is 9.82. The molecule has 0 amide bonds. The van der Waals surface area contributed by atoms with Crippen molar-refractivity contribution in [1.29, 1.82) is 0 Å². The molecule has 0 bridgehead atoms. The third-order valence-corrected chi connectivity index (χ3v) is 3.80. The van der Waals surface area contributed by atoms with Crippen molar-refractivity contribution in [3.05, 3.63) is 95.1 Å². The van der Waals surface area contributed by atoms with E-state index in [0.29, 0.717) is 24.3 Å². The Morgan fingerprint density at radius 2 is 0.864 bits per heavy atom. The predicted molar refractivity (Wildman–Crippen MR) is 88.3 cm³/mol. The van der Waals surface area contributed by atoms with Crippen molar-refractivity contribution in [2.24, 2.45) is 0 Å². The summed E-state index contributed by atoms with van der Waals surface area (Å²) in [5, 5.41) is 19.6. The van der Waals surface area contributed by atoms with E-state index in [1.165, 1.54) is 0 Å². The molecule has 2 heteroatoms. The fraction of sp³-hybridized carbons (Fsp3) is 0.100. The third kappa shape index (κ3) is 3.29. The molecule has 0 aliphatic rings. The van der Waals surface area contributed by atoms with Crippen molar-refractivity contribution in [1.82, 2.24) is 0 Å². The summed E-state index contributed by atoms with van der Waals surface area (Å²) >= 11 is 0. The van der Waals surface area contributed by atoms with E-state index in [4.69, 9.17) is 0 Å². The smallest absolute Gasteiger partial charge is 0.119 e. The Bertz CT molecular complexity index is 694. The van der Waals surface area contributed by atoms with Crippen LogP contribution < -0.4 is 0 Å². The van der Waals surface area contributed by atoms with Crippen molar-refractivity contribution >= 4 is 0 Å². The minimum Gasteiger partial charge on any atom is -0.508 e. The second-order valence-electron chi connectivity index (χ2n) is 5.43. The van der Waals surface area contributed by atoms with Crippen molar-refractivity contribution in [3.8, 4) is 11.5 Å². The molecule has 0 aromatic heterocycles. The second kappa shape index (κ2) is 6.35. The molecule has 0 saturated carbocycles. The first kappa shape index (κ1) is 14.2. The van der Waals surface area contributed by atoms with Gasteiger partial charge >= 0.3 is 0 Å². The van der Waals surface area contributed by atoms with Crippen molar-refractivity contribution in [2.75, 3.05) is 0 Å². The van der Waals surface area contributed by atoms with Gasteiger partial charge < -0.3 is 10.2 Å². The molecule has 3 aromatic carbocycles. The van der Waals surface area contributed by atoms with E-state index in [-0.39, 0.29) is 0 Å². The summed E-state index contributed by atoms with van der Waals surface area (Å²) in [6.07, 6.45) is 1.42. The lowest BCUT2D eigenvalue weighted by Gasteiger charge is -2.07. The highest BCUT2D eigenvalue weighted by Gasteiger charge is 2.04. The molecule has 110 valence electrons. The van der Waals surface area contributed by atoms with E-state index in [1.54, 1.807) is 12.1 Å². The first-order valence-corrected chi connectivity index (χ1v) is 7.34. The fourth-order valence-electron chi connectivity index (χ4n) is 2.54. The van der Waals surface area contributed by atoms with E-state index in [0.717, 1.165) is 22.3 Å². The minimum atomic E-state index is 0.334. The maximum Gasteiger partial charge on any atom is 0.119 e. The molecule has 0 aliphatic carbocycles. The first-order chi connectivity index (χ1) is 10.7. The standard InChI is InChI=1S/C20H18O2/c21-19-7-3-1-5-17(19)13-15-9-11-16(12-10-15)14-18-6-2-4-8-20(18)22/h1-12,21-22H,13-14H2. The van der Waals surface area contributed by atoms with Gasteiger partial charge in [-0.3, -0.25) is 0 Å². The zero-order valence-corrected chi connectivity index (χ0v) is 12.2. The van der Waals surface area contributed by atoms with Crippen LogP contribution in [-0.4, -0.2) is 10.2 Å². The molecule has 0 saturated heterocycles. The van der Waals surface area contributed by atoms with Gasteiger partial charge in [-0.15, -0.1) is 0 Å². The zero-order chi connectivity index (χ0) is 15.4. The van der Waals surface area contributed by atoms with Gasteiger partial charge in [-0.1, -0.05) is 60.7 Å². The molecule has 0 fully saturated rings. The van der Waals surface area contributed by atoms with Crippen molar-refractivity contribution in [2.45, 2.75) is 12.8 Å². The van der Waals surface area contributed by atoms with Crippen LogP contribution in [0.2, 0.25) is 0 Å². The normalized spacial score (nSPS) is 10.5. The summed E-state index contributed by atoms with van der Waals surface area (Å²) in [7, 11) is 0. The molecule has 2 N–H and O–H groups in total. The number of phenols is 2. The van der Waals surface area contributed by atoms with Crippen LogP contribution in [0.15, 0.2) is 72.8 Å². The van der Waals surface area contributed by atoms with Crippen molar-refractivity contribution < 1.29 is 10.2 Å². The van der Waals surface area contributed by atoms with Crippen LogP contribution >= 0.6 is 0 Å². The Balaban J connectivity index is 1.73. The Labute approximate surface area is 130 Å². The Morgan fingerprint density at radius 3 is 1.23 bits per heavy atom. The van der Waals surface area contributed by atoms with Gasteiger partial charge in [0, 0.05) is 12.8 Å². The molecule has 0 heterocycles. The third-order valence-electron chi connectivity index (χ3n) is 3.80. The predicted octanol–water partition coefficient (Wildman–Crippen LogP) is 4.28. The highest BCUT2D eigenvalue weighted by molar-refractivity contribution is 5.39. The number of phenolic OH excluding ortho intramolecular Hbond substituents is 2. The SMILES string of the molecule is Oc1ccccc1Cc1ccc(Cc2ccccc2O)cc1. The average molecular weight is 290 g/mol. The summed E-state index contributed by atoms with van der Waals surface area (Å²) in [6, 6.07) is 23.1. The molecular weight excluding hydrogens is 272 g/mol. The van der Waals surface area contributed by atoms with Gasteiger partial charge in [0.15, 0.2) is 0 Å². The number of hydrogen-bond acceptors (Lipinski definition) is 2. The van der Waals surface area contributed by atoms with Gasteiger partial charge in [0.1, 0.15) is 11.5 Å². The van der Waals surface area contributed by atoms with Crippen LogP contribution in [0.3, 0.4) is 0 Å². The van der Waals surface area contributed by atoms with Crippen LogP contribution in [-0.2, 0) is 12.8 Å². The van der Waals surface area contributed by atoms with Crippen LogP contribution in [0.1, 0.15) is 22.3 Å². The summed E-state index contributed by atoms with van der Waals surface area (Å²) in [5.74, 6) is 0.668. The van der Waals surface area contributed by atoms with Gasteiger partial charge in [0.25, 0.3) is 0 Å². The average Bonchev–Trinajstić information content (AvgIpc) is 2.54. The number of rotatable bonds is 4. The van der Waals surface area contributed by atoms with E-state index in [2.05, 4.69) is 24.3 Å². The van der Waals surface area contributed by atoms with Crippen LogP contribution in [0.5, 0.6) is 11.5 Å². The number of benzene rings is 3. The maximum absolute atomic E-state index is 9.82. The number of hydrogen-bond donors (Lipinski definition) is 2. The van der Waals surface area contributed by atoms with Gasteiger partial charge in [-0.05, 0) is 34.4 Å². The largest absolute Gasteiger partial charge is 0.508 e. The monoisotopic (exact) mass is 290 g/mol. The van der Waals surface area contributed by atoms with Crippen LogP contribution in [0, 0.1) is 0 Å². The highest BCUT2D eigenvalue weighted by atomic mass is 16.3. The molecular formula is C20H18O2. The topological polar surface area (TPSA) is 40.5 Å². The molecule has 0 spiro atoms. The van der Waals surface area contributed by atoms with Crippen LogP contribution in [0.4, 0.5) is 0 Å². The molecule has 0 unspecified atom stereocenters. The van der Waals surface area contributed by atoms with E-state index >= 15 is 0 Å². The van der Waals surface area contributed by atoms with E-state index in [9.17, 15) is 10.2 Å². The number of para-hydroxylation sites is 2. The first-order valence-electron chi connectivity index (χ1n) is 7.34. The molecule has 3 aromatic rings. The molecule has 0 aliphatic heterocycles. The molecule has 0 radical (unpaired) electrons. The molecule has 2 nitrogen and oxygen atoms in total. The quantitative estimate of drug-likeness (QED) is 0.753. The van der Waals surface area contributed by atoms with Gasteiger partial charge in [-0.25, -0.2) is 0 Å². The summed E-state index contributed by atoms with van der Waals surface area (Å²) < 4.78 is 0. The van der Waals surface area contributed by atoms with E-state index < -0.39 is 0 Å². The molecule has 0 atom stereocenters. The van der Waals surface area contributed by atoms with Gasteiger partial charge in [0.2, 0.25) is 0 Å². The second-order valence-corrected chi connectivity index (χ2v) is 5.43. The summed E-state index contributed by atoms with van der Waals surface area (Å²) in [6.45, 7) is 0. The van der Waals surface area contributed by atoms with Crippen molar-refractivity contribution in [3.63, 3.8) is 0 Å². The fourth-order valence-corrected chi connectivity index (χ4v) is 2.54. The zero-order valence-electron chi connectivity index (χ0n) is 12.2. The highest BCUT2D eigenvalue weighted by Crippen LogP contribution is 2.22. The Morgan fingerprint density at radius 1 is 0.500 bits per heavy atom. The summed E-state index contributed by atoms with van der Waals surface area (Å²) in [5.41, 5.74) is 4.16. The minimum absolute atomic E-state index is 0.334. The van der Waals surface area contributed by atoms with Gasteiger partial charge in [0.05, 0.1) is 0 Å². The molecule has 3 rings (SSSR count).